The van der Waals surface area contributed by atoms with E-state index in [0.717, 1.165) is 34.2 Å². The number of aromatic nitrogens is 1. The average molecular weight is 553 g/mol. The fourth-order valence-electron chi connectivity index (χ4n) is 3.92. The molecule has 10 heteroatoms. The van der Waals surface area contributed by atoms with E-state index in [2.05, 4.69) is 13.0 Å². The third kappa shape index (κ3) is 6.83. The molecule has 0 aliphatic rings. The lowest BCUT2D eigenvalue weighted by atomic mass is 10.1. The van der Waals surface area contributed by atoms with E-state index in [9.17, 15) is 13.2 Å². The number of unbranched alkanes of at least 4 members (excludes halogenated alkanes) is 1. The Hall–Kier alpha value is -2.04. The van der Waals surface area contributed by atoms with Crippen molar-refractivity contribution >= 4 is 55.0 Å². The summed E-state index contributed by atoms with van der Waals surface area (Å²) in [7, 11) is 0.335. The second-order valence-electron chi connectivity index (χ2n) is 9.06. The quantitative estimate of drug-likeness (QED) is 0.320. The second kappa shape index (κ2) is 13.0. The van der Waals surface area contributed by atoms with Crippen molar-refractivity contribution in [2.75, 3.05) is 45.2 Å². The molecule has 2 aromatic carbocycles. The minimum Gasteiger partial charge on any atom is -0.308 e. The van der Waals surface area contributed by atoms with E-state index in [4.69, 9.17) is 4.98 Å². The first-order valence-electron chi connectivity index (χ1n) is 12.0. The molecule has 0 fully saturated rings. The van der Waals surface area contributed by atoms with Crippen LogP contribution in [0.25, 0.3) is 10.2 Å². The summed E-state index contributed by atoms with van der Waals surface area (Å²) in [6.45, 7) is 10.0. The van der Waals surface area contributed by atoms with Crippen molar-refractivity contribution in [2.24, 2.45) is 0 Å². The molecular formula is C26H37ClN4O3S2. The number of halogens is 1. The maximum Gasteiger partial charge on any atom is 0.260 e. The Balaban J connectivity index is 0.00000456. The number of anilines is 1. The van der Waals surface area contributed by atoms with Crippen LogP contribution in [0.2, 0.25) is 0 Å². The number of carbonyl (C=O) groups is 1. The van der Waals surface area contributed by atoms with E-state index in [-0.39, 0.29) is 23.2 Å². The lowest BCUT2D eigenvalue weighted by Gasteiger charge is -2.23. The van der Waals surface area contributed by atoms with Gasteiger partial charge in [0.1, 0.15) is 0 Å². The lowest BCUT2D eigenvalue weighted by molar-refractivity contribution is 0.0985. The molecule has 3 aromatic rings. The number of hydrogen-bond donors (Lipinski definition) is 0. The van der Waals surface area contributed by atoms with Crippen molar-refractivity contribution in [1.29, 1.82) is 0 Å². The van der Waals surface area contributed by atoms with Gasteiger partial charge < -0.3 is 4.90 Å². The second-order valence-corrected chi connectivity index (χ2v) is 12.0. The summed E-state index contributed by atoms with van der Waals surface area (Å²) < 4.78 is 28.7. The number of aryl methyl sites for hydroxylation is 2. The van der Waals surface area contributed by atoms with Crippen LogP contribution in [0.3, 0.4) is 0 Å². The van der Waals surface area contributed by atoms with Crippen LogP contribution < -0.4 is 4.90 Å². The number of hydrogen-bond acceptors (Lipinski definition) is 6. The average Bonchev–Trinajstić information content (AvgIpc) is 3.23. The zero-order chi connectivity index (χ0) is 25.8. The summed E-state index contributed by atoms with van der Waals surface area (Å²) in [4.78, 5) is 22.3. The summed E-state index contributed by atoms with van der Waals surface area (Å²) in [6, 6.07) is 10.4. The number of nitrogens with zero attached hydrogens (tertiary/aromatic N) is 4. The predicted molar refractivity (Wildman–Crippen MR) is 152 cm³/mol. The van der Waals surface area contributed by atoms with Crippen molar-refractivity contribution < 1.29 is 13.2 Å². The number of thiazole rings is 1. The summed E-state index contributed by atoms with van der Waals surface area (Å²) >= 11 is 1.51. The van der Waals surface area contributed by atoms with Gasteiger partial charge in [-0.15, -0.1) is 12.4 Å². The minimum absolute atomic E-state index is 0. The number of benzene rings is 2. The van der Waals surface area contributed by atoms with Gasteiger partial charge in [0.25, 0.3) is 5.91 Å². The number of carbonyl (C=O) groups excluding carboxylic acids is 1. The lowest BCUT2D eigenvalue weighted by Crippen LogP contribution is -2.36. The van der Waals surface area contributed by atoms with Gasteiger partial charge in [0.2, 0.25) is 10.0 Å². The standard InChI is InChI=1S/C26H36N4O3S2.ClH/c1-7-9-14-29(8-2)35(32,33)22-12-10-21(11-13-22)25(31)30(16-15-28(5)6)26-27-23-18-19(3)17-20(4)24(23)34-26;/h10-13,17-18H,7-9,14-16H2,1-6H3;1H. The van der Waals surface area contributed by atoms with Gasteiger partial charge in [-0.05, 0) is 75.8 Å². The predicted octanol–water partition coefficient (Wildman–Crippen LogP) is 5.35. The highest BCUT2D eigenvalue weighted by atomic mass is 35.5. The van der Waals surface area contributed by atoms with Crippen LogP contribution in [-0.4, -0.2) is 68.8 Å². The van der Waals surface area contributed by atoms with E-state index in [0.29, 0.717) is 36.9 Å². The molecule has 1 aromatic heterocycles. The molecule has 7 nitrogen and oxygen atoms in total. The van der Waals surface area contributed by atoms with Crippen LogP contribution in [0.1, 0.15) is 48.2 Å². The highest BCUT2D eigenvalue weighted by Crippen LogP contribution is 2.33. The molecule has 198 valence electrons. The summed E-state index contributed by atoms with van der Waals surface area (Å²) in [5.74, 6) is -0.192. The van der Waals surface area contributed by atoms with Gasteiger partial charge in [0, 0.05) is 31.7 Å². The Morgan fingerprint density at radius 3 is 2.25 bits per heavy atom. The number of sulfonamides is 1. The van der Waals surface area contributed by atoms with Gasteiger partial charge in [-0.3, -0.25) is 9.69 Å². The van der Waals surface area contributed by atoms with Gasteiger partial charge >= 0.3 is 0 Å². The Morgan fingerprint density at radius 1 is 1.00 bits per heavy atom. The Morgan fingerprint density at radius 2 is 1.67 bits per heavy atom. The van der Waals surface area contributed by atoms with Crippen LogP contribution >= 0.6 is 23.7 Å². The van der Waals surface area contributed by atoms with Crippen LogP contribution in [0.4, 0.5) is 5.13 Å². The van der Waals surface area contributed by atoms with Crippen molar-refractivity contribution in [2.45, 2.75) is 45.4 Å². The monoisotopic (exact) mass is 552 g/mol. The number of rotatable bonds is 11. The van der Waals surface area contributed by atoms with E-state index in [1.165, 1.54) is 27.8 Å². The molecule has 0 saturated carbocycles. The molecule has 0 unspecified atom stereocenters. The Kier molecular flexibility index (Phi) is 10.9. The third-order valence-electron chi connectivity index (χ3n) is 5.91. The fourth-order valence-corrected chi connectivity index (χ4v) is 6.45. The molecule has 0 aliphatic carbocycles. The molecule has 1 heterocycles. The third-order valence-corrected chi connectivity index (χ3v) is 9.13. The van der Waals surface area contributed by atoms with Crippen LogP contribution in [-0.2, 0) is 10.0 Å². The molecule has 0 bridgehead atoms. The van der Waals surface area contributed by atoms with Gasteiger partial charge in [0.05, 0.1) is 15.1 Å². The normalized spacial score (nSPS) is 11.8. The number of fused-ring (bicyclic) bond motifs is 1. The van der Waals surface area contributed by atoms with Crippen LogP contribution in [0.5, 0.6) is 0 Å². The minimum atomic E-state index is -3.59. The molecule has 0 spiro atoms. The van der Waals surface area contributed by atoms with E-state index >= 15 is 0 Å². The van der Waals surface area contributed by atoms with Gasteiger partial charge in [-0.2, -0.15) is 4.31 Å². The van der Waals surface area contributed by atoms with Crippen LogP contribution in [0, 0.1) is 13.8 Å². The molecule has 3 rings (SSSR count). The molecule has 1 amide bonds. The summed E-state index contributed by atoms with van der Waals surface area (Å²) in [5.41, 5.74) is 3.60. The highest BCUT2D eigenvalue weighted by Gasteiger charge is 2.25. The Bertz CT molecular complexity index is 1270. The van der Waals surface area contributed by atoms with E-state index < -0.39 is 10.0 Å². The molecule has 0 aliphatic heterocycles. The number of likely N-dealkylation sites (N-methyl/N-ethyl adjacent to an activating group) is 1. The molecule has 36 heavy (non-hydrogen) atoms. The van der Waals surface area contributed by atoms with Gasteiger partial charge in [0.15, 0.2) is 5.13 Å². The molecular weight excluding hydrogens is 516 g/mol. The molecule has 0 N–H and O–H groups in total. The van der Waals surface area contributed by atoms with Crippen molar-refractivity contribution in [3.63, 3.8) is 0 Å². The topological polar surface area (TPSA) is 73.8 Å². The van der Waals surface area contributed by atoms with Gasteiger partial charge in [-0.25, -0.2) is 13.4 Å². The Labute approximate surface area is 225 Å². The summed E-state index contributed by atoms with van der Waals surface area (Å²) in [6.07, 6.45) is 1.73. The van der Waals surface area contributed by atoms with Crippen LogP contribution in [0.15, 0.2) is 41.3 Å². The zero-order valence-corrected chi connectivity index (χ0v) is 24.4. The first-order chi connectivity index (χ1) is 16.6. The van der Waals surface area contributed by atoms with Crippen molar-refractivity contribution in [3.05, 3.63) is 53.1 Å². The van der Waals surface area contributed by atoms with Crippen molar-refractivity contribution in [1.82, 2.24) is 14.2 Å². The number of amides is 1. The molecule has 0 radical (unpaired) electrons. The zero-order valence-electron chi connectivity index (χ0n) is 21.9. The van der Waals surface area contributed by atoms with E-state index in [1.54, 1.807) is 17.0 Å². The first-order valence-corrected chi connectivity index (χ1v) is 14.3. The maximum atomic E-state index is 13.6. The highest BCUT2D eigenvalue weighted by molar-refractivity contribution is 7.89. The smallest absolute Gasteiger partial charge is 0.260 e. The summed E-state index contributed by atoms with van der Waals surface area (Å²) in [5, 5.41) is 0.647. The molecule has 0 atom stereocenters. The fraction of sp³-hybridized carbons (Fsp3) is 0.462. The van der Waals surface area contributed by atoms with E-state index in [1.807, 2.05) is 45.8 Å². The maximum absolute atomic E-state index is 13.6. The SMILES string of the molecule is CCCCN(CC)S(=O)(=O)c1ccc(C(=O)N(CCN(C)C)c2nc3cc(C)cc(C)c3s2)cc1.Cl. The molecule has 0 saturated heterocycles. The first kappa shape index (κ1) is 30.2. The van der Waals surface area contributed by atoms with Gasteiger partial charge in [-0.1, -0.05) is 37.7 Å². The largest absolute Gasteiger partial charge is 0.308 e. The van der Waals surface area contributed by atoms with Crippen molar-refractivity contribution in [3.8, 4) is 0 Å².